The zero-order chi connectivity index (χ0) is 37.2. The summed E-state index contributed by atoms with van der Waals surface area (Å²) in [6, 6.07) is 11.8. The van der Waals surface area contributed by atoms with Crippen LogP contribution in [0, 0.1) is 22.5 Å². The number of allylic oxidation sites excluding steroid dienone is 4. The van der Waals surface area contributed by atoms with Crippen molar-refractivity contribution in [3.63, 3.8) is 0 Å². The summed E-state index contributed by atoms with van der Waals surface area (Å²) < 4.78 is 102. The zero-order valence-electron chi connectivity index (χ0n) is 28.3. The number of ether oxygens (including phenoxy) is 2. The summed E-state index contributed by atoms with van der Waals surface area (Å²) in [6.45, 7) is 7.97. The van der Waals surface area contributed by atoms with Gasteiger partial charge in [0, 0.05) is 11.1 Å². The van der Waals surface area contributed by atoms with Crippen LogP contribution < -0.4 is 4.18 Å². The Morgan fingerprint density at radius 3 is 1.66 bits per heavy atom. The molecule has 268 valence electrons. The van der Waals surface area contributed by atoms with Crippen LogP contribution in [-0.4, -0.2) is 40.1 Å². The highest BCUT2D eigenvalue weighted by molar-refractivity contribution is 7.88. The van der Waals surface area contributed by atoms with E-state index in [4.69, 9.17) is 4.74 Å². The number of hydrogen-bond donors (Lipinski definition) is 0. The van der Waals surface area contributed by atoms with Crippen molar-refractivity contribution in [3.8, 4) is 16.9 Å². The van der Waals surface area contributed by atoms with Gasteiger partial charge >= 0.3 is 27.6 Å². The van der Waals surface area contributed by atoms with Gasteiger partial charge in [-0.1, -0.05) is 45.9 Å². The van der Waals surface area contributed by atoms with Gasteiger partial charge in [0.2, 0.25) is 0 Å². The molecule has 0 aromatic heterocycles. The van der Waals surface area contributed by atoms with Crippen LogP contribution in [0.3, 0.4) is 0 Å². The lowest BCUT2D eigenvalue weighted by atomic mass is 9.79. The molecule has 5 rings (SSSR count). The molecule has 50 heavy (non-hydrogen) atoms. The largest absolute Gasteiger partial charge is 0.534 e. The average molecular weight is 721 g/mol. The lowest BCUT2D eigenvalue weighted by molar-refractivity contribution is -0.0500. The van der Waals surface area contributed by atoms with Crippen molar-refractivity contribution in [3.05, 3.63) is 101 Å². The second-order valence-corrected chi connectivity index (χ2v) is 14.7. The van der Waals surface area contributed by atoms with Crippen molar-refractivity contribution in [1.82, 2.24) is 0 Å². The topological polar surface area (TPSA) is 96.0 Å². The van der Waals surface area contributed by atoms with Crippen LogP contribution in [0.25, 0.3) is 22.3 Å². The third kappa shape index (κ3) is 8.09. The van der Waals surface area contributed by atoms with Gasteiger partial charge in [0.05, 0.1) is 25.3 Å². The van der Waals surface area contributed by atoms with Crippen LogP contribution in [0.4, 0.5) is 22.0 Å². The van der Waals surface area contributed by atoms with Crippen LogP contribution in [-0.2, 0) is 19.6 Å². The first-order chi connectivity index (χ1) is 23.2. The molecular formula is C37H37F5O7S. The molecular weight excluding hydrogens is 683 g/mol. The molecule has 3 aromatic carbocycles. The van der Waals surface area contributed by atoms with E-state index in [0.717, 1.165) is 54.7 Å². The number of alkyl halides is 3. The molecule has 0 N–H and O–H groups in total. The fourth-order valence-corrected chi connectivity index (χ4v) is 6.58. The van der Waals surface area contributed by atoms with Gasteiger partial charge in [0.25, 0.3) is 0 Å². The first-order valence-electron chi connectivity index (χ1n) is 15.6. The minimum Gasteiger partial charge on any atom is -0.465 e. The summed E-state index contributed by atoms with van der Waals surface area (Å²) >= 11 is 0. The van der Waals surface area contributed by atoms with E-state index in [1.807, 2.05) is 13.8 Å². The van der Waals surface area contributed by atoms with E-state index in [1.54, 1.807) is 24.3 Å². The Kier molecular flexibility index (Phi) is 11.0. The Balaban J connectivity index is 0.000000225. The molecule has 0 radical (unpaired) electrons. The van der Waals surface area contributed by atoms with E-state index in [0.29, 0.717) is 23.1 Å². The monoisotopic (exact) mass is 720 g/mol. The number of esters is 2. The van der Waals surface area contributed by atoms with Crippen LogP contribution in [0.1, 0.15) is 85.2 Å². The Morgan fingerprint density at radius 2 is 1.18 bits per heavy atom. The van der Waals surface area contributed by atoms with Crippen molar-refractivity contribution < 1.29 is 53.6 Å². The number of carbonyl (C=O) groups excluding carboxylic acids is 2. The molecule has 2 aliphatic carbocycles. The molecule has 0 aliphatic heterocycles. The van der Waals surface area contributed by atoms with Crippen molar-refractivity contribution in [2.75, 3.05) is 14.2 Å². The molecule has 0 fully saturated rings. The van der Waals surface area contributed by atoms with Crippen molar-refractivity contribution in [2.45, 2.75) is 58.9 Å². The van der Waals surface area contributed by atoms with E-state index in [1.165, 1.54) is 26.4 Å². The van der Waals surface area contributed by atoms with E-state index in [9.17, 15) is 40.0 Å². The van der Waals surface area contributed by atoms with Gasteiger partial charge < -0.3 is 13.7 Å². The van der Waals surface area contributed by atoms with Gasteiger partial charge in [-0.15, -0.1) is 0 Å². The highest BCUT2D eigenvalue weighted by Gasteiger charge is 2.49. The fraction of sp³-hybridized carbons (Fsp3) is 0.351. The number of carbonyl (C=O) groups is 2. The predicted octanol–water partition coefficient (Wildman–Crippen LogP) is 9.53. The van der Waals surface area contributed by atoms with Crippen LogP contribution in [0.5, 0.6) is 5.75 Å². The maximum atomic E-state index is 14.4. The van der Waals surface area contributed by atoms with Crippen molar-refractivity contribution in [1.29, 1.82) is 0 Å². The quantitative estimate of drug-likeness (QED) is 0.104. The third-order valence-corrected chi connectivity index (χ3v) is 9.78. The maximum Gasteiger partial charge on any atom is 0.534 e. The van der Waals surface area contributed by atoms with Gasteiger partial charge in [-0.25, -0.2) is 18.4 Å². The van der Waals surface area contributed by atoms with Crippen LogP contribution in [0.2, 0.25) is 0 Å². The standard InChI is InChI=1S/C21H20F2O2.C16H17F3O5S/c1-21(2)10-4-5-18(21)16-11-13(20(24)25-3)6-8-15(16)17-12-14(22)7-9-19(17)23;1-15(2)8-4-5-12(15)11-9-10(14(20)23-3)6-7-13(11)24-25(21,22)16(17,18)19/h5-9,11-12H,4,10H2,1-3H3;5-7,9H,4,8H2,1-3H3. The summed E-state index contributed by atoms with van der Waals surface area (Å²) in [5.41, 5.74) is -2.30. The summed E-state index contributed by atoms with van der Waals surface area (Å²) in [5, 5.41) is 0. The lowest BCUT2D eigenvalue weighted by Gasteiger charge is -2.25. The molecule has 0 saturated carbocycles. The van der Waals surface area contributed by atoms with E-state index in [2.05, 4.69) is 28.8 Å². The molecule has 0 spiro atoms. The van der Waals surface area contributed by atoms with Gasteiger partial charge in [-0.3, -0.25) is 0 Å². The molecule has 0 saturated heterocycles. The smallest absolute Gasteiger partial charge is 0.465 e. The Labute approximate surface area is 287 Å². The normalized spacial score (nSPS) is 16.5. The second-order valence-electron chi connectivity index (χ2n) is 13.1. The summed E-state index contributed by atoms with van der Waals surface area (Å²) in [6.07, 6.45) is 7.19. The number of halogens is 5. The van der Waals surface area contributed by atoms with Gasteiger partial charge in [0.1, 0.15) is 11.6 Å². The predicted molar refractivity (Wildman–Crippen MR) is 179 cm³/mol. The lowest BCUT2D eigenvalue weighted by Crippen LogP contribution is -2.28. The van der Waals surface area contributed by atoms with Gasteiger partial charge in [0.15, 0.2) is 5.75 Å². The molecule has 0 bridgehead atoms. The Bertz CT molecular complexity index is 1980. The van der Waals surface area contributed by atoms with Crippen LogP contribution >= 0.6 is 0 Å². The average Bonchev–Trinajstić information content (AvgIpc) is 3.60. The van der Waals surface area contributed by atoms with Gasteiger partial charge in [-0.2, -0.15) is 21.6 Å². The molecule has 0 atom stereocenters. The Hall–Kier alpha value is -4.52. The first-order valence-corrected chi connectivity index (χ1v) is 17.0. The van der Waals surface area contributed by atoms with Crippen LogP contribution in [0.15, 0.2) is 66.7 Å². The van der Waals surface area contributed by atoms with E-state index >= 15 is 0 Å². The molecule has 0 amide bonds. The van der Waals surface area contributed by atoms with Crippen molar-refractivity contribution >= 4 is 33.2 Å². The molecule has 0 heterocycles. The third-order valence-electron chi connectivity index (χ3n) is 8.82. The van der Waals surface area contributed by atoms with Gasteiger partial charge in [-0.05, 0) is 107 Å². The van der Waals surface area contributed by atoms with E-state index in [-0.39, 0.29) is 22.1 Å². The SMILES string of the molecule is COC(=O)c1ccc(-c2cc(F)ccc2F)c(C2=CCCC2(C)C)c1.COC(=O)c1ccc(OS(=O)(=O)C(F)(F)F)c(C2=CCCC2(C)C)c1. The van der Waals surface area contributed by atoms with E-state index < -0.39 is 50.4 Å². The summed E-state index contributed by atoms with van der Waals surface area (Å²) in [5.74, 6) is -2.62. The minimum absolute atomic E-state index is 0.0813. The number of benzene rings is 3. The molecule has 3 aromatic rings. The molecule has 13 heteroatoms. The minimum atomic E-state index is -5.82. The number of hydrogen-bond acceptors (Lipinski definition) is 7. The first kappa shape index (κ1) is 38.3. The molecule has 7 nitrogen and oxygen atoms in total. The summed E-state index contributed by atoms with van der Waals surface area (Å²) in [4.78, 5) is 23.7. The number of rotatable bonds is 7. The fourth-order valence-electron chi connectivity index (χ4n) is 6.10. The maximum absolute atomic E-state index is 14.4. The number of methoxy groups -OCH3 is 2. The second kappa shape index (κ2) is 14.4. The highest BCUT2D eigenvalue weighted by Crippen LogP contribution is 2.48. The van der Waals surface area contributed by atoms with Crippen molar-refractivity contribution in [2.24, 2.45) is 10.8 Å². The highest BCUT2D eigenvalue weighted by atomic mass is 32.2. The molecule has 0 unspecified atom stereocenters. The summed E-state index contributed by atoms with van der Waals surface area (Å²) in [7, 11) is -3.34. The Morgan fingerprint density at radius 1 is 0.680 bits per heavy atom. The zero-order valence-corrected chi connectivity index (χ0v) is 29.2. The molecule has 2 aliphatic rings.